The van der Waals surface area contributed by atoms with Gasteiger partial charge in [-0.2, -0.15) is 0 Å². The minimum Gasteiger partial charge on any atom is -0.339 e. The van der Waals surface area contributed by atoms with Crippen LogP contribution in [0, 0.1) is 0 Å². The summed E-state index contributed by atoms with van der Waals surface area (Å²) >= 11 is 18.4. The van der Waals surface area contributed by atoms with Gasteiger partial charge in [-0.15, -0.1) is 0 Å². The van der Waals surface area contributed by atoms with Crippen LogP contribution in [0.4, 0.5) is 4.79 Å². The third-order valence-corrected chi connectivity index (χ3v) is 4.06. The highest BCUT2D eigenvalue weighted by Gasteiger charge is 2.28. The topological polar surface area (TPSA) is 62.2 Å². The number of halogens is 3. The maximum Gasteiger partial charge on any atom is 0.445 e. The van der Waals surface area contributed by atoms with Crippen LogP contribution in [-0.4, -0.2) is 55.8 Å². The molecule has 0 spiro atoms. The van der Waals surface area contributed by atoms with Gasteiger partial charge in [0.05, 0.1) is 0 Å². The summed E-state index contributed by atoms with van der Waals surface area (Å²) in [5, 5.41) is 3.64. The van der Waals surface area contributed by atoms with E-state index in [1.165, 1.54) is 23.7 Å². The SMILES string of the molecule is CN1CCSC(=NOC(=O)N(C)SC(Cl)(Cl)Cl)C1=O. The van der Waals surface area contributed by atoms with Crippen LogP contribution in [0.15, 0.2) is 5.16 Å². The molecule has 0 aromatic heterocycles. The lowest BCUT2D eigenvalue weighted by molar-refractivity contribution is -0.122. The van der Waals surface area contributed by atoms with E-state index in [0.717, 1.165) is 4.31 Å². The van der Waals surface area contributed by atoms with Crippen molar-refractivity contribution in [3.8, 4) is 0 Å². The van der Waals surface area contributed by atoms with Crippen molar-refractivity contribution in [1.29, 1.82) is 0 Å². The molecule has 0 saturated carbocycles. The van der Waals surface area contributed by atoms with Gasteiger partial charge in [-0.3, -0.25) is 9.63 Å². The number of hydrogen-bond acceptors (Lipinski definition) is 6. The number of rotatable bonds is 2. The maximum absolute atomic E-state index is 11.6. The predicted molar refractivity (Wildman–Crippen MR) is 79.7 cm³/mol. The monoisotopic (exact) mass is 365 g/mol. The van der Waals surface area contributed by atoms with Crippen molar-refractivity contribution in [2.24, 2.45) is 5.16 Å². The Morgan fingerprint density at radius 3 is 2.79 bits per heavy atom. The summed E-state index contributed by atoms with van der Waals surface area (Å²) in [7, 11) is 3.00. The number of carbonyl (C=O) groups excluding carboxylic acids is 2. The molecule has 19 heavy (non-hydrogen) atoms. The molecular weight excluding hydrogens is 357 g/mol. The van der Waals surface area contributed by atoms with Crippen LogP contribution in [0.5, 0.6) is 0 Å². The van der Waals surface area contributed by atoms with Crippen LogP contribution >= 0.6 is 58.5 Å². The standard InChI is InChI=1S/C8H10Cl3N3O3S2/c1-13-3-4-18-5(6(13)15)12-17-7(16)14(2)19-8(9,10)11/h3-4H2,1-2H3. The molecule has 0 aliphatic carbocycles. The van der Waals surface area contributed by atoms with Gasteiger partial charge in [-0.25, -0.2) is 9.10 Å². The summed E-state index contributed by atoms with van der Waals surface area (Å²) < 4.78 is -0.713. The largest absolute Gasteiger partial charge is 0.445 e. The molecule has 0 bridgehead atoms. The fourth-order valence-corrected chi connectivity index (χ4v) is 3.28. The summed E-state index contributed by atoms with van der Waals surface area (Å²) in [5.41, 5.74) is 0. The van der Waals surface area contributed by atoms with Gasteiger partial charge in [0, 0.05) is 38.3 Å². The van der Waals surface area contributed by atoms with Crippen LogP contribution in [0.3, 0.4) is 0 Å². The first kappa shape index (κ1) is 17.0. The van der Waals surface area contributed by atoms with Gasteiger partial charge >= 0.3 is 6.09 Å². The number of nitrogens with zero attached hydrogens (tertiary/aromatic N) is 3. The van der Waals surface area contributed by atoms with Gasteiger partial charge in [0.25, 0.3) is 9.03 Å². The molecule has 0 radical (unpaired) electrons. The van der Waals surface area contributed by atoms with E-state index in [1.54, 1.807) is 7.05 Å². The summed E-state index contributed by atoms with van der Waals surface area (Å²) in [6.45, 7) is 0.624. The second-order valence-corrected chi connectivity index (χ2v) is 8.74. The zero-order valence-electron chi connectivity index (χ0n) is 9.93. The average Bonchev–Trinajstić information content (AvgIpc) is 2.28. The number of hydrogen-bond donors (Lipinski definition) is 0. The molecule has 1 aliphatic rings. The maximum atomic E-state index is 11.6. The Bertz CT molecular complexity index is 402. The number of oxime groups is 1. The van der Waals surface area contributed by atoms with Crippen LogP contribution in [0.25, 0.3) is 0 Å². The fraction of sp³-hybridized carbons (Fsp3) is 0.625. The van der Waals surface area contributed by atoms with Crippen molar-refractivity contribution in [3.63, 3.8) is 0 Å². The second kappa shape index (κ2) is 7.12. The molecule has 1 saturated heterocycles. The van der Waals surface area contributed by atoms with Gasteiger partial charge in [0.15, 0.2) is 0 Å². The quantitative estimate of drug-likeness (QED) is 0.325. The van der Waals surface area contributed by atoms with Crippen LogP contribution in [0.1, 0.15) is 0 Å². The molecule has 1 fully saturated rings. The van der Waals surface area contributed by atoms with Crippen LogP contribution < -0.4 is 0 Å². The van der Waals surface area contributed by atoms with E-state index in [4.69, 9.17) is 34.8 Å². The van der Waals surface area contributed by atoms with Gasteiger partial charge in [-0.05, 0) is 0 Å². The molecule has 1 aliphatic heterocycles. The fourth-order valence-electron chi connectivity index (χ4n) is 1.00. The Hall–Kier alpha value is -0.0200. The summed E-state index contributed by atoms with van der Waals surface area (Å²) in [6, 6.07) is 0. The lowest BCUT2D eigenvalue weighted by Gasteiger charge is -2.22. The second-order valence-electron chi connectivity index (χ2n) is 3.36. The first-order valence-electron chi connectivity index (χ1n) is 4.87. The Balaban J connectivity index is 2.55. The average molecular weight is 367 g/mol. The Labute approximate surface area is 133 Å². The van der Waals surface area contributed by atoms with Crippen LogP contribution in [0.2, 0.25) is 0 Å². The van der Waals surface area contributed by atoms with Crippen molar-refractivity contribution in [2.75, 3.05) is 26.4 Å². The van der Waals surface area contributed by atoms with E-state index in [2.05, 4.69) is 9.99 Å². The molecule has 0 aromatic carbocycles. The minimum atomic E-state index is -1.68. The van der Waals surface area contributed by atoms with Gasteiger partial charge < -0.3 is 4.90 Å². The number of carbonyl (C=O) groups is 2. The zero-order chi connectivity index (χ0) is 14.6. The van der Waals surface area contributed by atoms with E-state index in [1.807, 2.05) is 0 Å². The molecule has 2 amide bonds. The third kappa shape index (κ3) is 5.86. The summed E-state index contributed by atoms with van der Waals surface area (Å²) in [5.74, 6) is 0.401. The van der Waals surface area contributed by atoms with Gasteiger partial charge in [0.2, 0.25) is 5.04 Å². The smallest absolute Gasteiger partial charge is 0.339 e. The molecule has 1 rings (SSSR count). The normalized spacial score (nSPS) is 18.7. The van der Waals surface area contributed by atoms with Gasteiger partial charge in [0.1, 0.15) is 0 Å². The zero-order valence-corrected chi connectivity index (χ0v) is 13.8. The Morgan fingerprint density at radius 2 is 2.21 bits per heavy atom. The third-order valence-electron chi connectivity index (χ3n) is 1.90. The van der Waals surface area contributed by atoms with E-state index < -0.39 is 9.22 Å². The predicted octanol–water partition coefficient (Wildman–Crippen LogP) is 2.55. The summed E-state index contributed by atoms with van der Waals surface area (Å²) in [6.07, 6.45) is -0.842. The van der Waals surface area contributed by atoms with E-state index in [-0.39, 0.29) is 11.0 Å². The lowest BCUT2D eigenvalue weighted by atomic mass is 10.5. The molecule has 108 valence electrons. The molecule has 11 heteroatoms. The highest BCUT2D eigenvalue weighted by atomic mass is 35.6. The molecule has 1 heterocycles. The molecular formula is C8H10Cl3N3O3S2. The van der Waals surface area contributed by atoms with E-state index >= 15 is 0 Å². The van der Waals surface area contributed by atoms with E-state index in [9.17, 15) is 9.59 Å². The number of alkyl halides is 3. The minimum absolute atomic E-state index is 0.120. The van der Waals surface area contributed by atoms with Crippen molar-refractivity contribution in [1.82, 2.24) is 9.21 Å². The molecule has 0 N–H and O–H groups in total. The molecule has 0 aromatic rings. The molecule has 6 nitrogen and oxygen atoms in total. The highest BCUT2D eigenvalue weighted by molar-refractivity contribution is 8.15. The van der Waals surface area contributed by atoms with Crippen molar-refractivity contribution >= 4 is 75.6 Å². The van der Waals surface area contributed by atoms with Crippen molar-refractivity contribution in [3.05, 3.63) is 0 Å². The first-order chi connectivity index (χ1) is 8.70. The number of thioether (sulfide) groups is 1. The highest BCUT2D eigenvalue weighted by Crippen LogP contribution is 2.40. The van der Waals surface area contributed by atoms with Crippen LogP contribution in [-0.2, 0) is 9.63 Å². The van der Waals surface area contributed by atoms with Crippen molar-refractivity contribution in [2.45, 2.75) is 3.12 Å². The van der Waals surface area contributed by atoms with E-state index in [0.29, 0.717) is 24.2 Å². The molecule has 0 unspecified atom stereocenters. The Morgan fingerprint density at radius 1 is 1.58 bits per heavy atom. The van der Waals surface area contributed by atoms with Gasteiger partial charge in [-0.1, -0.05) is 51.7 Å². The first-order valence-corrected chi connectivity index (χ1v) is 7.77. The molecule has 0 atom stereocenters. The lowest BCUT2D eigenvalue weighted by Crippen LogP contribution is -2.38. The Kier molecular flexibility index (Phi) is 6.38. The van der Waals surface area contributed by atoms with Crippen molar-refractivity contribution < 1.29 is 14.4 Å². The summed E-state index contributed by atoms with van der Waals surface area (Å²) in [4.78, 5) is 29.3. The number of amides is 2.